The topological polar surface area (TPSA) is 106 Å². The number of amides is 1. The fourth-order valence-corrected chi connectivity index (χ4v) is 4.01. The summed E-state index contributed by atoms with van der Waals surface area (Å²) in [4.78, 5) is 22.7. The van der Waals surface area contributed by atoms with Gasteiger partial charge < -0.3 is 5.32 Å². The summed E-state index contributed by atoms with van der Waals surface area (Å²) in [7, 11) is -3.25. The molecule has 0 saturated heterocycles. The minimum atomic E-state index is -3.25. The number of nitro benzene ring substituents is 1. The fraction of sp³-hybridized carbons (Fsp3) is 0.316. The summed E-state index contributed by atoms with van der Waals surface area (Å²) in [6.45, 7) is 1.94. The summed E-state index contributed by atoms with van der Waals surface area (Å²) in [6.07, 6.45) is 1.83. The van der Waals surface area contributed by atoms with Gasteiger partial charge in [-0.2, -0.15) is 0 Å². The summed E-state index contributed by atoms with van der Waals surface area (Å²) < 4.78 is 23.1. The van der Waals surface area contributed by atoms with Gasteiger partial charge in [0.2, 0.25) is 5.91 Å². The van der Waals surface area contributed by atoms with Crippen molar-refractivity contribution in [2.45, 2.75) is 30.0 Å². The third kappa shape index (κ3) is 6.35. The number of carbonyl (C=O) groups excluding carboxylic acids is 1. The third-order valence-corrected chi connectivity index (χ3v) is 6.24. The predicted molar refractivity (Wildman–Crippen MR) is 110 cm³/mol. The number of nitrogens with one attached hydrogen (secondary N) is 1. The first-order valence-corrected chi connectivity index (χ1v) is 11.7. The van der Waals surface area contributed by atoms with Gasteiger partial charge in [0.15, 0.2) is 9.84 Å². The van der Waals surface area contributed by atoms with Crippen molar-refractivity contribution in [1.82, 2.24) is 5.32 Å². The molecular weight excluding hydrogens is 400 g/mol. The second-order valence-electron chi connectivity index (χ2n) is 6.29. The summed E-state index contributed by atoms with van der Waals surface area (Å²) in [5.74, 6) is 0.714. The zero-order valence-corrected chi connectivity index (χ0v) is 17.3. The maximum Gasteiger partial charge on any atom is 0.269 e. The minimum absolute atomic E-state index is 0.0409. The lowest BCUT2D eigenvalue weighted by molar-refractivity contribution is -0.384. The Balaban J connectivity index is 1.87. The Labute approximate surface area is 168 Å². The molecule has 0 heterocycles. The average Bonchev–Trinajstić information content (AvgIpc) is 2.66. The molecule has 7 nitrogen and oxygen atoms in total. The molecule has 0 unspecified atom stereocenters. The lowest BCUT2D eigenvalue weighted by Crippen LogP contribution is -2.29. The third-order valence-electron chi connectivity index (χ3n) is 4.10. The normalized spacial score (nSPS) is 12.4. The van der Waals surface area contributed by atoms with Crippen LogP contribution >= 0.6 is 11.8 Å². The molecule has 0 bridgehead atoms. The fourth-order valence-electron chi connectivity index (χ4n) is 2.58. The van der Waals surface area contributed by atoms with E-state index < -0.39 is 14.8 Å². The van der Waals surface area contributed by atoms with Crippen LogP contribution in [0.15, 0.2) is 53.4 Å². The Morgan fingerprint density at radius 1 is 1.14 bits per heavy atom. The number of thioether (sulfide) groups is 1. The molecule has 0 spiro atoms. The van der Waals surface area contributed by atoms with E-state index in [0.29, 0.717) is 12.2 Å². The van der Waals surface area contributed by atoms with E-state index in [4.69, 9.17) is 0 Å². The smallest absolute Gasteiger partial charge is 0.269 e. The molecule has 9 heteroatoms. The van der Waals surface area contributed by atoms with Crippen LogP contribution in [0.5, 0.6) is 0 Å². The molecule has 0 fully saturated rings. The second-order valence-corrected chi connectivity index (χ2v) is 9.29. The number of benzene rings is 2. The van der Waals surface area contributed by atoms with Crippen molar-refractivity contribution in [2.24, 2.45) is 0 Å². The standard InChI is InChI=1S/C19H22N2O5S2/c1-3-18(15-6-10-17(11-7-15)28(2,25)26)20-19(22)13-27-12-14-4-8-16(9-5-14)21(23)24/h4-11,18H,3,12-13H2,1-2H3,(H,20,22)/t18-/m1/s1. The van der Waals surface area contributed by atoms with Gasteiger partial charge in [-0.1, -0.05) is 31.2 Å². The molecular formula is C19H22N2O5S2. The molecule has 150 valence electrons. The van der Waals surface area contributed by atoms with E-state index in [2.05, 4.69) is 5.32 Å². The van der Waals surface area contributed by atoms with E-state index in [1.165, 1.54) is 23.9 Å². The van der Waals surface area contributed by atoms with Gasteiger partial charge in [0.1, 0.15) is 0 Å². The molecule has 2 aromatic carbocycles. The van der Waals surface area contributed by atoms with Crippen molar-refractivity contribution in [3.63, 3.8) is 0 Å². The van der Waals surface area contributed by atoms with Gasteiger partial charge in [0.25, 0.3) is 5.69 Å². The lowest BCUT2D eigenvalue weighted by atomic mass is 10.0. The van der Waals surface area contributed by atoms with Gasteiger partial charge in [-0.25, -0.2) is 8.42 Å². The van der Waals surface area contributed by atoms with Gasteiger partial charge in [0.05, 0.1) is 21.6 Å². The van der Waals surface area contributed by atoms with Gasteiger partial charge in [-0.05, 0) is 29.7 Å². The first-order chi connectivity index (χ1) is 13.2. The Hall–Kier alpha value is -2.39. The monoisotopic (exact) mass is 422 g/mol. The average molecular weight is 423 g/mol. The summed E-state index contributed by atoms with van der Waals surface area (Å²) in [5, 5.41) is 13.6. The highest BCUT2D eigenvalue weighted by molar-refractivity contribution is 7.99. The highest BCUT2D eigenvalue weighted by atomic mass is 32.2. The first kappa shape index (κ1) is 21.9. The molecule has 1 atom stereocenters. The van der Waals surface area contributed by atoms with Crippen LogP contribution in [-0.4, -0.2) is 31.3 Å². The van der Waals surface area contributed by atoms with Crippen LogP contribution in [-0.2, 0) is 20.4 Å². The number of nitro groups is 1. The van der Waals surface area contributed by atoms with Crippen LogP contribution in [0.3, 0.4) is 0 Å². The van der Waals surface area contributed by atoms with E-state index in [0.717, 1.165) is 17.4 Å². The highest BCUT2D eigenvalue weighted by Gasteiger charge is 2.14. The van der Waals surface area contributed by atoms with Crippen LogP contribution in [0.1, 0.15) is 30.5 Å². The highest BCUT2D eigenvalue weighted by Crippen LogP contribution is 2.20. The molecule has 0 aliphatic carbocycles. The van der Waals surface area contributed by atoms with Gasteiger partial charge >= 0.3 is 0 Å². The van der Waals surface area contributed by atoms with Crippen LogP contribution in [0.25, 0.3) is 0 Å². The van der Waals surface area contributed by atoms with Crippen molar-refractivity contribution >= 4 is 33.2 Å². The number of nitrogens with zero attached hydrogens (tertiary/aromatic N) is 1. The Kier molecular flexibility index (Phi) is 7.59. The van der Waals surface area contributed by atoms with Crippen LogP contribution < -0.4 is 5.32 Å². The van der Waals surface area contributed by atoms with E-state index >= 15 is 0 Å². The van der Waals surface area contributed by atoms with Crippen molar-refractivity contribution < 1.29 is 18.1 Å². The number of non-ortho nitro benzene ring substituents is 1. The number of hydrogen-bond acceptors (Lipinski definition) is 6. The Morgan fingerprint density at radius 3 is 2.25 bits per heavy atom. The number of rotatable bonds is 9. The first-order valence-electron chi connectivity index (χ1n) is 8.61. The largest absolute Gasteiger partial charge is 0.349 e. The molecule has 1 amide bonds. The summed E-state index contributed by atoms with van der Waals surface area (Å²) >= 11 is 1.42. The molecule has 28 heavy (non-hydrogen) atoms. The quantitative estimate of drug-likeness (QED) is 0.490. The molecule has 2 aromatic rings. The maximum absolute atomic E-state index is 12.2. The van der Waals surface area contributed by atoms with E-state index in [1.54, 1.807) is 36.4 Å². The van der Waals surface area contributed by atoms with Crippen molar-refractivity contribution in [2.75, 3.05) is 12.0 Å². The van der Waals surface area contributed by atoms with E-state index in [9.17, 15) is 23.3 Å². The van der Waals surface area contributed by atoms with E-state index in [1.807, 2.05) is 6.92 Å². The summed E-state index contributed by atoms with van der Waals surface area (Å²) in [5.41, 5.74) is 1.80. The van der Waals surface area contributed by atoms with Gasteiger partial charge in [0, 0.05) is 24.1 Å². The molecule has 0 radical (unpaired) electrons. The molecule has 0 aliphatic heterocycles. The predicted octanol–water partition coefficient (Wildman–Crippen LogP) is 3.50. The molecule has 1 N–H and O–H groups in total. The van der Waals surface area contributed by atoms with Gasteiger partial charge in [-0.3, -0.25) is 14.9 Å². The van der Waals surface area contributed by atoms with Crippen LogP contribution in [0.4, 0.5) is 5.69 Å². The zero-order valence-electron chi connectivity index (χ0n) is 15.6. The van der Waals surface area contributed by atoms with Crippen LogP contribution in [0.2, 0.25) is 0 Å². The Morgan fingerprint density at radius 2 is 1.75 bits per heavy atom. The minimum Gasteiger partial charge on any atom is -0.349 e. The summed E-state index contributed by atoms with van der Waals surface area (Å²) in [6, 6.07) is 12.6. The van der Waals surface area contributed by atoms with Crippen molar-refractivity contribution in [1.29, 1.82) is 0 Å². The Bertz CT molecular complexity index is 926. The molecule has 0 aromatic heterocycles. The van der Waals surface area contributed by atoms with Crippen molar-refractivity contribution in [3.8, 4) is 0 Å². The molecule has 0 saturated carbocycles. The zero-order chi connectivity index (χ0) is 20.7. The van der Waals surface area contributed by atoms with Crippen molar-refractivity contribution in [3.05, 3.63) is 69.8 Å². The van der Waals surface area contributed by atoms with E-state index in [-0.39, 0.29) is 28.3 Å². The lowest BCUT2D eigenvalue weighted by Gasteiger charge is -2.17. The molecule has 0 aliphatic rings. The number of hydrogen-bond donors (Lipinski definition) is 1. The molecule has 2 rings (SSSR count). The number of sulfone groups is 1. The maximum atomic E-state index is 12.2. The SMILES string of the molecule is CC[C@@H](NC(=O)CSCc1ccc([N+](=O)[O-])cc1)c1ccc(S(C)(=O)=O)cc1. The van der Waals surface area contributed by atoms with Gasteiger partial charge in [-0.15, -0.1) is 11.8 Å². The second kappa shape index (κ2) is 9.70. The number of carbonyl (C=O) groups is 1. The van der Waals surface area contributed by atoms with Crippen LogP contribution in [0, 0.1) is 10.1 Å².